The molecule has 1 atom stereocenters. The van der Waals surface area contributed by atoms with Crippen molar-refractivity contribution in [1.29, 1.82) is 0 Å². The molecule has 0 unspecified atom stereocenters. The molecule has 0 aliphatic carbocycles. The predicted molar refractivity (Wildman–Crippen MR) is 80.7 cm³/mol. The van der Waals surface area contributed by atoms with Crippen molar-refractivity contribution in [3.63, 3.8) is 0 Å². The third-order valence-corrected chi connectivity index (χ3v) is 3.96. The lowest BCUT2D eigenvalue weighted by Gasteiger charge is -2.33. The van der Waals surface area contributed by atoms with Gasteiger partial charge < -0.3 is 10.2 Å². The topological polar surface area (TPSA) is 50.2 Å². The van der Waals surface area contributed by atoms with Gasteiger partial charge in [-0.25, -0.2) is 4.68 Å². The summed E-state index contributed by atoms with van der Waals surface area (Å²) in [5.74, 6) is 0.405. The predicted octanol–water partition coefficient (Wildman–Crippen LogP) is 1.46. The molecule has 106 valence electrons. The first-order chi connectivity index (χ1) is 8.99. The molecule has 1 saturated heterocycles. The van der Waals surface area contributed by atoms with Crippen molar-refractivity contribution in [2.24, 2.45) is 5.92 Å². The minimum absolute atomic E-state index is 0.0441. The zero-order valence-electron chi connectivity index (χ0n) is 11.7. The summed E-state index contributed by atoms with van der Waals surface area (Å²) in [5, 5.41) is 7.68. The fourth-order valence-electron chi connectivity index (χ4n) is 2.30. The average Bonchev–Trinajstić information content (AvgIpc) is 2.35. The van der Waals surface area contributed by atoms with Crippen LogP contribution in [0.3, 0.4) is 0 Å². The number of anilines is 1. The van der Waals surface area contributed by atoms with E-state index < -0.39 is 0 Å². The summed E-state index contributed by atoms with van der Waals surface area (Å²) in [7, 11) is 0. The first-order valence-electron chi connectivity index (χ1n) is 6.73. The standard InChI is InChI=1S/C13H21BrN4O/c1-9(2)7-18-13(19)12(14)11(6-16-18)17-5-4-15-10(3)8-17/h6,9-10,15H,4-5,7-8H2,1-3H3/t10-/m1/s1. The number of nitrogens with one attached hydrogen (secondary N) is 1. The van der Waals surface area contributed by atoms with Gasteiger partial charge in [0.1, 0.15) is 4.47 Å². The number of piperazine rings is 1. The molecule has 1 N–H and O–H groups in total. The molecule has 1 fully saturated rings. The minimum atomic E-state index is -0.0441. The van der Waals surface area contributed by atoms with Gasteiger partial charge in [-0.1, -0.05) is 13.8 Å². The van der Waals surface area contributed by atoms with Crippen LogP contribution in [0.2, 0.25) is 0 Å². The highest BCUT2D eigenvalue weighted by molar-refractivity contribution is 9.10. The number of nitrogens with zero attached hydrogens (tertiary/aromatic N) is 3. The lowest BCUT2D eigenvalue weighted by atomic mass is 10.2. The molecule has 1 aromatic heterocycles. The van der Waals surface area contributed by atoms with Crippen LogP contribution in [-0.2, 0) is 6.54 Å². The van der Waals surface area contributed by atoms with Gasteiger partial charge in [0, 0.05) is 32.2 Å². The molecule has 0 amide bonds. The van der Waals surface area contributed by atoms with Crippen molar-refractivity contribution in [2.45, 2.75) is 33.4 Å². The normalized spacial score (nSPS) is 20.1. The summed E-state index contributed by atoms with van der Waals surface area (Å²) < 4.78 is 2.15. The van der Waals surface area contributed by atoms with Gasteiger partial charge in [0.2, 0.25) is 0 Å². The molecule has 2 heterocycles. The Morgan fingerprint density at radius 2 is 2.32 bits per heavy atom. The zero-order valence-corrected chi connectivity index (χ0v) is 13.3. The van der Waals surface area contributed by atoms with Gasteiger partial charge in [0.15, 0.2) is 0 Å². The van der Waals surface area contributed by atoms with E-state index in [4.69, 9.17) is 0 Å². The third kappa shape index (κ3) is 3.36. The SMILES string of the molecule is CC(C)Cn1ncc(N2CCN[C@H](C)C2)c(Br)c1=O. The van der Waals surface area contributed by atoms with E-state index in [9.17, 15) is 4.79 Å². The number of hydrogen-bond donors (Lipinski definition) is 1. The van der Waals surface area contributed by atoms with E-state index in [-0.39, 0.29) is 5.56 Å². The Labute approximate surface area is 122 Å². The van der Waals surface area contributed by atoms with Crippen LogP contribution in [0.25, 0.3) is 0 Å². The quantitative estimate of drug-likeness (QED) is 0.912. The highest BCUT2D eigenvalue weighted by Crippen LogP contribution is 2.22. The summed E-state index contributed by atoms with van der Waals surface area (Å²) in [6, 6.07) is 0.429. The lowest BCUT2D eigenvalue weighted by Crippen LogP contribution is -2.49. The summed E-state index contributed by atoms with van der Waals surface area (Å²) in [5.41, 5.74) is 0.857. The van der Waals surface area contributed by atoms with E-state index in [0.29, 0.717) is 23.0 Å². The lowest BCUT2D eigenvalue weighted by molar-refractivity contribution is 0.457. The maximum absolute atomic E-state index is 12.3. The van der Waals surface area contributed by atoms with Crippen LogP contribution in [0, 0.1) is 5.92 Å². The molecule has 5 nitrogen and oxygen atoms in total. The van der Waals surface area contributed by atoms with E-state index in [1.165, 1.54) is 4.68 Å². The first-order valence-corrected chi connectivity index (χ1v) is 7.52. The summed E-state index contributed by atoms with van der Waals surface area (Å²) in [6.07, 6.45) is 1.80. The van der Waals surface area contributed by atoms with Crippen LogP contribution in [-0.4, -0.2) is 35.5 Å². The molecular weight excluding hydrogens is 308 g/mol. The Balaban J connectivity index is 2.28. The molecule has 0 bridgehead atoms. The Morgan fingerprint density at radius 3 is 2.95 bits per heavy atom. The maximum atomic E-state index is 12.3. The van der Waals surface area contributed by atoms with Crippen LogP contribution >= 0.6 is 15.9 Å². The summed E-state index contributed by atoms with van der Waals surface area (Å²) >= 11 is 3.44. The Bertz CT molecular complexity index is 500. The highest BCUT2D eigenvalue weighted by atomic mass is 79.9. The fourth-order valence-corrected chi connectivity index (χ4v) is 2.86. The number of aromatic nitrogens is 2. The molecule has 0 spiro atoms. The van der Waals surface area contributed by atoms with Crippen LogP contribution in [0.4, 0.5) is 5.69 Å². The molecular formula is C13H21BrN4O. The largest absolute Gasteiger partial charge is 0.366 e. The molecule has 2 rings (SSSR count). The van der Waals surface area contributed by atoms with E-state index in [1.807, 2.05) is 0 Å². The highest BCUT2D eigenvalue weighted by Gasteiger charge is 2.20. The van der Waals surface area contributed by atoms with Gasteiger partial charge >= 0.3 is 0 Å². The van der Waals surface area contributed by atoms with Crippen molar-refractivity contribution in [3.05, 3.63) is 21.0 Å². The Hall–Kier alpha value is -0.880. The zero-order chi connectivity index (χ0) is 14.0. The van der Waals surface area contributed by atoms with E-state index in [1.54, 1.807) is 6.20 Å². The van der Waals surface area contributed by atoms with Gasteiger partial charge in [0.05, 0.1) is 11.9 Å². The molecule has 1 aromatic rings. The van der Waals surface area contributed by atoms with Gasteiger partial charge in [0.25, 0.3) is 5.56 Å². The fraction of sp³-hybridized carbons (Fsp3) is 0.692. The number of halogens is 1. The second-order valence-electron chi connectivity index (χ2n) is 5.53. The maximum Gasteiger partial charge on any atom is 0.283 e. The second-order valence-corrected chi connectivity index (χ2v) is 6.32. The van der Waals surface area contributed by atoms with Crippen LogP contribution in [0.15, 0.2) is 15.5 Å². The van der Waals surface area contributed by atoms with Crippen LogP contribution < -0.4 is 15.8 Å². The monoisotopic (exact) mass is 328 g/mol. The molecule has 0 saturated carbocycles. The van der Waals surface area contributed by atoms with Crippen molar-refractivity contribution in [1.82, 2.24) is 15.1 Å². The number of hydrogen-bond acceptors (Lipinski definition) is 4. The third-order valence-electron chi connectivity index (χ3n) is 3.21. The molecule has 6 heteroatoms. The van der Waals surface area contributed by atoms with E-state index >= 15 is 0 Å². The van der Waals surface area contributed by atoms with Crippen LogP contribution in [0.1, 0.15) is 20.8 Å². The van der Waals surface area contributed by atoms with Crippen molar-refractivity contribution in [3.8, 4) is 0 Å². The first kappa shape index (κ1) is 14.5. The second kappa shape index (κ2) is 6.05. The molecule has 19 heavy (non-hydrogen) atoms. The van der Waals surface area contributed by atoms with Gasteiger partial charge in [-0.2, -0.15) is 5.10 Å². The van der Waals surface area contributed by atoms with Crippen molar-refractivity contribution in [2.75, 3.05) is 24.5 Å². The Kier molecular flexibility index (Phi) is 4.62. The van der Waals surface area contributed by atoms with Gasteiger partial charge in [-0.05, 0) is 28.8 Å². The Morgan fingerprint density at radius 1 is 1.58 bits per heavy atom. The number of rotatable bonds is 3. The van der Waals surface area contributed by atoms with E-state index in [0.717, 1.165) is 25.3 Å². The van der Waals surface area contributed by atoms with Crippen LogP contribution in [0.5, 0.6) is 0 Å². The van der Waals surface area contributed by atoms with E-state index in [2.05, 4.69) is 52.0 Å². The molecule has 0 radical (unpaired) electrons. The minimum Gasteiger partial charge on any atom is -0.366 e. The van der Waals surface area contributed by atoms with Gasteiger partial charge in [-0.3, -0.25) is 4.79 Å². The molecule has 1 aliphatic heterocycles. The summed E-state index contributed by atoms with van der Waals surface area (Å²) in [6.45, 7) is 9.68. The van der Waals surface area contributed by atoms with Crippen molar-refractivity contribution >= 4 is 21.6 Å². The molecule has 1 aliphatic rings. The van der Waals surface area contributed by atoms with Crippen molar-refractivity contribution < 1.29 is 0 Å². The molecule has 0 aromatic carbocycles. The summed E-state index contributed by atoms with van der Waals surface area (Å²) in [4.78, 5) is 14.5. The van der Waals surface area contributed by atoms with Gasteiger partial charge in [-0.15, -0.1) is 0 Å². The smallest absolute Gasteiger partial charge is 0.283 e. The average molecular weight is 329 g/mol.